The summed E-state index contributed by atoms with van der Waals surface area (Å²) in [5.74, 6) is 0.573. The Kier molecular flexibility index (Phi) is 9.71. The number of amides is 2. The zero-order chi connectivity index (χ0) is 25.3. The van der Waals surface area contributed by atoms with Gasteiger partial charge in [-0.15, -0.1) is 0 Å². The molecule has 1 atom stereocenters. The molecule has 186 valence electrons. The van der Waals surface area contributed by atoms with E-state index in [1.165, 1.54) is 17.0 Å². The number of benzene rings is 2. The molecule has 0 saturated heterocycles. The number of halogens is 1. The van der Waals surface area contributed by atoms with Gasteiger partial charge < -0.3 is 24.0 Å². The molecule has 2 amide bonds. The standard InChI is InChI=1S/C26H35FN2O5/c1-7-29(8-2)25(31)33-22-11-9-10-19(18-22)23(28(6)24(30)34-26(3,4)5)16-17-32-21-14-12-20(27)13-15-21/h9-15,18,23H,7-8,16-17H2,1-6H3. The molecule has 0 bridgehead atoms. The van der Waals surface area contributed by atoms with Crippen molar-refractivity contribution in [2.75, 3.05) is 26.7 Å². The van der Waals surface area contributed by atoms with Crippen molar-refractivity contribution in [3.63, 3.8) is 0 Å². The van der Waals surface area contributed by atoms with E-state index in [0.29, 0.717) is 31.0 Å². The minimum Gasteiger partial charge on any atom is -0.494 e. The van der Waals surface area contributed by atoms with Crippen LogP contribution in [0.5, 0.6) is 11.5 Å². The van der Waals surface area contributed by atoms with Crippen LogP contribution in [0.25, 0.3) is 0 Å². The maximum atomic E-state index is 13.2. The van der Waals surface area contributed by atoms with Crippen molar-refractivity contribution >= 4 is 12.2 Å². The molecule has 0 aliphatic heterocycles. The summed E-state index contributed by atoms with van der Waals surface area (Å²) in [6.45, 7) is 10.5. The number of ether oxygens (including phenoxy) is 3. The van der Waals surface area contributed by atoms with Gasteiger partial charge in [0.15, 0.2) is 0 Å². The first-order valence-corrected chi connectivity index (χ1v) is 11.4. The molecule has 0 saturated carbocycles. The lowest BCUT2D eigenvalue weighted by Crippen LogP contribution is -2.37. The van der Waals surface area contributed by atoms with E-state index in [0.717, 1.165) is 5.56 Å². The highest BCUT2D eigenvalue weighted by Crippen LogP contribution is 2.28. The highest BCUT2D eigenvalue weighted by molar-refractivity contribution is 5.71. The number of carbonyl (C=O) groups is 2. The first-order valence-electron chi connectivity index (χ1n) is 11.4. The first kappa shape index (κ1) is 27.0. The van der Waals surface area contributed by atoms with Crippen molar-refractivity contribution in [2.45, 2.75) is 52.7 Å². The molecule has 2 aromatic carbocycles. The van der Waals surface area contributed by atoms with Crippen LogP contribution in [0, 0.1) is 5.82 Å². The molecule has 0 aliphatic rings. The molecule has 7 nitrogen and oxygen atoms in total. The Morgan fingerprint density at radius 3 is 2.21 bits per heavy atom. The van der Waals surface area contributed by atoms with Crippen LogP contribution in [0.3, 0.4) is 0 Å². The Morgan fingerprint density at radius 2 is 1.62 bits per heavy atom. The monoisotopic (exact) mass is 474 g/mol. The average Bonchev–Trinajstić information content (AvgIpc) is 2.77. The van der Waals surface area contributed by atoms with Gasteiger partial charge in [0, 0.05) is 26.6 Å². The Labute approximate surface area is 201 Å². The zero-order valence-electron chi connectivity index (χ0n) is 20.8. The number of hydrogen-bond acceptors (Lipinski definition) is 5. The predicted molar refractivity (Wildman–Crippen MR) is 129 cm³/mol. The van der Waals surface area contributed by atoms with Crippen LogP contribution in [0.15, 0.2) is 48.5 Å². The van der Waals surface area contributed by atoms with Gasteiger partial charge in [-0.25, -0.2) is 14.0 Å². The fourth-order valence-corrected chi connectivity index (χ4v) is 3.30. The smallest absolute Gasteiger partial charge is 0.415 e. The quantitative estimate of drug-likeness (QED) is 0.443. The van der Waals surface area contributed by atoms with Gasteiger partial charge in [0.25, 0.3) is 0 Å². The molecule has 0 spiro atoms. The van der Waals surface area contributed by atoms with E-state index in [1.54, 1.807) is 63.1 Å². The fourth-order valence-electron chi connectivity index (χ4n) is 3.30. The maximum Gasteiger partial charge on any atom is 0.415 e. The summed E-state index contributed by atoms with van der Waals surface area (Å²) in [6.07, 6.45) is -0.482. The van der Waals surface area contributed by atoms with Crippen molar-refractivity contribution in [2.24, 2.45) is 0 Å². The minimum absolute atomic E-state index is 0.271. The summed E-state index contributed by atoms with van der Waals surface area (Å²) in [7, 11) is 1.66. The number of hydrogen-bond donors (Lipinski definition) is 0. The third-order valence-corrected chi connectivity index (χ3v) is 5.09. The fraction of sp³-hybridized carbons (Fsp3) is 0.462. The third kappa shape index (κ3) is 8.24. The van der Waals surface area contributed by atoms with Crippen molar-refractivity contribution in [3.8, 4) is 11.5 Å². The van der Waals surface area contributed by atoms with Crippen molar-refractivity contribution in [1.29, 1.82) is 0 Å². The molecule has 0 aromatic heterocycles. The summed E-state index contributed by atoms with van der Waals surface area (Å²) >= 11 is 0. The molecule has 2 rings (SSSR count). The average molecular weight is 475 g/mol. The van der Waals surface area contributed by atoms with Crippen LogP contribution in [-0.4, -0.2) is 54.3 Å². The summed E-state index contributed by atoms with van der Waals surface area (Å²) in [6, 6.07) is 12.4. The molecule has 0 radical (unpaired) electrons. The van der Waals surface area contributed by atoms with Crippen molar-refractivity contribution in [3.05, 3.63) is 59.9 Å². The molecular weight excluding hydrogens is 439 g/mol. The topological polar surface area (TPSA) is 68.3 Å². The number of nitrogens with zero attached hydrogens (tertiary/aromatic N) is 2. The molecule has 34 heavy (non-hydrogen) atoms. The first-order chi connectivity index (χ1) is 16.0. The Balaban J connectivity index is 2.22. The van der Waals surface area contributed by atoms with E-state index in [4.69, 9.17) is 14.2 Å². The third-order valence-electron chi connectivity index (χ3n) is 5.09. The predicted octanol–water partition coefficient (Wildman–Crippen LogP) is 6.04. The lowest BCUT2D eigenvalue weighted by molar-refractivity contribution is 0.0200. The number of carbonyl (C=O) groups excluding carboxylic acids is 2. The van der Waals surface area contributed by atoms with Gasteiger partial charge in [-0.3, -0.25) is 0 Å². The number of rotatable bonds is 9. The van der Waals surface area contributed by atoms with Crippen LogP contribution in [-0.2, 0) is 4.74 Å². The second kappa shape index (κ2) is 12.3. The normalized spacial score (nSPS) is 12.0. The molecular formula is C26H35FN2O5. The summed E-state index contributed by atoms with van der Waals surface area (Å²) < 4.78 is 30.0. The summed E-state index contributed by atoms with van der Waals surface area (Å²) in [5, 5.41) is 0. The lowest BCUT2D eigenvalue weighted by atomic mass is 10.0. The summed E-state index contributed by atoms with van der Waals surface area (Å²) in [4.78, 5) is 28.3. The van der Waals surface area contributed by atoms with E-state index in [-0.39, 0.29) is 12.4 Å². The highest BCUT2D eigenvalue weighted by Gasteiger charge is 2.27. The van der Waals surface area contributed by atoms with Gasteiger partial charge in [-0.05, 0) is 76.6 Å². The molecule has 0 N–H and O–H groups in total. The zero-order valence-corrected chi connectivity index (χ0v) is 20.8. The Hall–Kier alpha value is -3.29. The van der Waals surface area contributed by atoms with Crippen LogP contribution >= 0.6 is 0 Å². The molecule has 8 heteroatoms. The van der Waals surface area contributed by atoms with E-state index < -0.39 is 23.8 Å². The van der Waals surface area contributed by atoms with Crippen LogP contribution in [0.4, 0.5) is 14.0 Å². The minimum atomic E-state index is -0.651. The van der Waals surface area contributed by atoms with Crippen molar-refractivity contribution in [1.82, 2.24) is 9.80 Å². The van der Waals surface area contributed by atoms with Crippen molar-refractivity contribution < 1.29 is 28.2 Å². The maximum absolute atomic E-state index is 13.2. The second-order valence-electron chi connectivity index (χ2n) is 8.81. The highest BCUT2D eigenvalue weighted by atomic mass is 19.1. The van der Waals surface area contributed by atoms with Gasteiger partial charge in [0.1, 0.15) is 22.9 Å². The van der Waals surface area contributed by atoms with E-state index in [2.05, 4.69) is 0 Å². The lowest BCUT2D eigenvalue weighted by Gasteiger charge is -2.31. The van der Waals surface area contributed by atoms with Gasteiger partial charge >= 0.3 is 12.2 Å². The molecule has 0 fully saturated rings. The summed E-state index contributed by atoms with van der Waals surface area (Å²) in [5.41, 5.74) is 0.114. The van der Waals surface area contributed by atoms with Crippen LogP contribution < -0.4 is 9.47 Å². The van der Waals surface area contributed by atoms with Gasteiger partial charge in [0.05, 0.1) is 12.6 Å². The van der Waals surface area contributed by atoms with Gasteiger partial charge in [-0.1, -0.05) is 12.1 Å². The van der Waals surface area contributed by atoms with Gasteiger partial charge in [-0.2, -0.15) is 0 Å². The molecule has 0 aliphatic carbocycles. The van der Waals surface area contributed by atoms with E-state index >= 15 is 0 Å². The molecule has 1 unspecified atom stereocenters. The van der Waals surface area contributed by atoms with E-state index in [1.807, 2.05) is 19.9 Å². The SMILES string of the molecule is CCN(CC)C(=O)Oc1cccc(C(CCOc2ccc(F)cc2)N(C)C(=O)OC(C)(C)C)c1. The second-order valence-corrected chi connectivity index (χ2v) is 8.81. The Bertz CT molecular complexity index is 939. The van der Waals surface area contributed by atoms with E-state index in [9.17, 15) is 14.0 Å². The van der Waals surface area contributed by atoms with Gasteiger partial charge in [0.2, 0.25) is 0 Å². The Morgan fingerprint density at radius 1 is 0.971 bits per heavy atom. The van der Waals surface area contributed by atoms with Crippen LogP contribution in [0.2, 0.25) is 0 Å². The molecule has 0 heterocycles. The largest absolute Gasteiger partial charge is 0.494 e. The van der Waals surface area contributed by atoms with Crippen LogP contribution in [0.1, 0.15) is 52.6 Å². The molecule has 2 aromatic rings.